The topological polar surface area (TPSA) is 104 Å². The van der Waals surface area contributed by atoms with Gasteiger partial charge in [-0.05, 0) is 12.1 Å². The monoisotopic (exact) mass is 348 g/mol. The molecule has 0 saturated carbocycles. The molecule has 1 aliphatic heterocycles. The minimum absolute atomic E-state index is 0. The van der Waals surface area contributed by atoms with Gasteiger partial charge in [-0.1, -0.05) is 6.07 Å². The van der Waals surface area contributed by atoms with Crippen molar-refractivity contribution in [3.05, 3.63) is 24.3 Å². The number of aliphatic imine (C=N–C) groups is 1. The Bertz CT molecular complexity index is 513. The van der Waals surface area contributed by atoms with Gasteiger partial charge in [0.05, 0.1) is 7.11 Å². The maximum absolute atomic E-state index is 7.79. The Labute approximate surface area is 142 Å². The van der Waals surface area contributed by atoms with Crippen molar-refractivity contribution in [1.29, 1.82) is 5.41 Å². The van der Waals surface area contributed by atoms with Crippen molar-refractivity contribution >= 4 is 42.4 Å². The minimum atomic E-state index is -0.0785. The van der Waals surface area contributed by atoms with E-state index in [9.17, 15) is 0 Å². The molecular formula is C13H22Cl2N6O. The Morgan fingerprint density at radius 2 is 1.82 bits per heavy atom. The number of ether oxygens (including phenoxy) is 1. The van der Waals surface area contributed by atoms with Crippen LogP contribution in [-0.2, 0) is 0 Å². The molecule has 1 heterocycles. The maximum atomic E-state index is 7.79. The summed E-state index contributed by atoms with van der Waals surface area (Å²) >= 11 is 0. The van der Waals surface area contributed by atoms with Crippen LogP contribution in [0.5, 0.6) is 5.75 Å². The number of benzene rings is 1. The zero-order valence-electron chi connectivity index (χ0n) is 12.4. The van der Waals surface area contributed by atoms with E-state index in [0.29, 0.717) is 13.1 Å². The summed E-state index contributed by atoms with van der Waals surface area (Å²) in [5.41, 5.74) is 11.7. The average Bonchev–Trinajstić information content (AvgIpc) is 2.47. The number of nitrogens with one attached hydrogen (secondary N) is 1. The number of nitrogens with two attached hydrogens (primary N) is 2. The zero-order valence-corrected chi connectivity index (χ0v) is 14.0. The number of anilines is 1. The van der Waals surface area contributed by atoms with Gasteiger partial charge in [0.15, 0.2) is 5.96 Å². The molecule has 0 atom stereocenters. The van der Waals surface area contributed by atoms with E-state index in [1.807, 2.05) is 23.1 Å². The Balaban J connectivity index is 0.00000220. The highest BCUT2D eigenvalue weighted by Crippen LogP contribution is 2.22. The molecule has 0 aromatic heterocycles. The fourth-order valence-corrected chi connectivity index (χ4v) is 2.18. The Kier molecular flexibility index (Phi) is 8.44. The number of rotatable bonds is 2. The molecule has 0 spiro atoms. The average molecular weight is 349 g/mol. The van der Waals surface area contributed by atoms with Crippen LogP contribution in [-0.4, -0.2) is 50.1 Å². The summed E-state index contributed by atoms with van der Waals surface area (Å²) in [7, 11) is 1.66. The van der Waals surface area contributed by atoms with Crippen LogP contribution in [0.3, 0.4) is 0 Å². The predicted molar refractivity (Wildman–Crippen MR) is 94.8 cm³/mol. The normalized spacial score (nSPS) is 13.5. The molecule has 0 bridgehead atoms. The summed E-state index contributed by atoms with van der Waals surface area (Å²) < 4.78 is 5.23. The molecule has 0 amide bonds. The first kappa shape index (κ1) is 20.1. The highest BCUT2D eigenvalue weighted by molar-refractivity contribution is 5.91. The van der Waals surface area contributed by atoms with E-state index < -0.39 is 0 Å². The lowest BCUT2D eigenvalue weighted by atomic mass is 10.2. The number of hydrogen-bond acceptors (Lipinski definition) is 3. The van der Waals surface area contributed by atoms with Gasteiger partial charge in [-0.25, -0.2) is 0 Å². The van der Waals surface area contributed by atoms with Crippen LogP contribution in [0.1, 0.15) is 0 Å². The molecule has 1 fully saturated rings. The molecular weight excluding hydrogens is 327 g/mol. The second kappa shape index (κ2) is 9.22. The second-order valence-electron chi connectivity index (χ2n) is 4.54. The lowest BCUT2D eigenvalue weighted by Gasteiger charge is -2.36. The van der Waals surface area contributed by atoms with Crippen LogP contribution in [0.4, 0.5) is 5.69 Å². The molecule has 1 saturated heterocycles. The quantitative estimate of drug-likeness (QED) is 0.543. The molecule has 0 aliphatic carbocycles. The molecule has 1 aromatic rings. The van der Waals surface area contributed by atoms with Gasteiger partial charge in [-0.15, -0.1) is 24.8 Å². The number of nitrogens with zero attached hydrogens (tertiary/aromatic N) is 3. The van der Waals surface area contributed by atoms with Crippen molar-refractivity contribution < 1.29 is 4.74 Å². The van der Waals surface area contributed by atoms with Crippen molar-refractivity contribution in [1.82, 2.24) is 4.90 Å². The Hall–Kier alpha value is -1.86. The van der Waals surface area contributed by atoms with Crippen LogP contribution in [0.25, 0.3) is 0 Å². The molecule has 0 radical (unpaired) electrons. The van der Waals surface area contributed by atoms with E-state index in [4.69, 9.17) is 21.6 Å². The van der Waals surface area contributed by atoms with Gasteiger partial charge in [-0.2, -0.15) is 4.99 Å². The Morgan fingerprint density at radius 3 is 2.36 bits per heavy atom. The van der Waals surface area contributed by atoms with Crippen LogP contribution in [0.15, 0.2) is 29.3 Å². The highest BCUT2D eigenvalue weighted by atomic mass is 35.5. The SMILES string of the molecule is COc1cccc(N2CCN(C(=N)N=C(N)N)CC2)c1.Cl.Cl. The van der Waals surface area contributed by atoms with E-state index in [1.54, 1.807) is 7.11 Å². The summed E-state index contributed by atoms with van der Waals surface area (Å²) in [5, 5.41) is 7.79. The second-order valence-corrected chi connectivity index (χ2v) is 4.54. The number of guanidine groups is 2. The molecule has 7 nitrogen and oxygen atoms in total. The van der Waals surface area contributed by atoms with Gasteiger partial charge in [0, 0.05) is 37.9 Å². The molecule has 2 rings (SSSR count). The van der Waals surface area contributed by atoms with Crippen molar-refractivity contribution in [3.8, 4) is 5.75 Å². The number of hydrogen-bond donors (Lipinski definition) is 3. The third-order valence-electron chi connectivity index (χ3n) is 3.23. The predicted octanol–water partition coefficient (Wildman–Crippen LogP) is 0.869. The van der Waals surface area contributed by atoms with Gasteiger partial charge >= 0.3 is 0 Å². The van der Waals surface area contributed by atoms with Crippen LogP contribution in [0.2, 0.25) is 0 Å². The van der Waals surface area contributed by atoms with E-state index in [-0.39, 0.29) is 36.7 Å². The molecule has 124 valence electrons. The highest BCUT2D eigenvalue weighted by Gasteiger charge is 2.19. The third-order valence-corrected chi connectivity index (χ3v) is 3.23. The fraction of sp³-hybridized carbons (Fsp3) is 0.385. The number of piperazine rings is 1. The standard InChI is InChI=1S/C13H20N6O.2ClH/c1-20-11-4-2-3-10(9-11)18-5-7-19(8-6-18)13(16)17-12(14)15;;/h2-4,9H,5-8H2,1H3,(H5,14,15,16,17);2*1H. The first-order chi connectivity index (χ1) is 9.60. The molecule has 1 aromatic carbocycles. The molecule has 1 aliphatic rings. The van der Waals surface area contributed by atoms with Crippen molar-refractivity contribution in [2.45, 2.75) is 0 Å². The van der Waals surface area contributed by atoms with Gasteiger partial charge < -0.3 is 26.0 Å². The van der Waals surface area contributed by atoms with Crippen molar-refractivity contribution in [2.75, 3.05) is 38.2 Å². The largest absolute Gasteiger partial charge is 0.497 e. The summed E-state index contributed by atoms with van der Waals surface area (Å²) in [6, 6.07) is 7.96. The summed E-state index contributed by atoms with van der Waals surface area (Å²) in [6.07, 6.45) is 0. The van der Waals surface area contributed by atoms with E-state index in [1.165, 1.54) is 0 Å². The van der Waals surface area contributed by atoms with Crippen LogP contribution < -0.4 is 21.1 Å². The molecule has 9 heteroatoms. The van der Waals surface area contributed by atoms with E-state index >= 15 is 0 Å². The molecule has 22 heavy (non-hydrogen) atoms. The first-order valence-corrected chi connectivity index (χ1v) is 6.42. The smallest absolute Gasteiger partial charge is 0.221 e. The van der Waals surface area contributed by atoms with E-state index in [0.717, 1.165) is 24.5 Å². The maximum Gasteiger partial charge on any atom is 0.221 e. The van der Waals surface area contributed by atoms with Gasteiger partial charge in [0.1, 0.15) is 5.75 Å². The van der Waals surface area contributed by atoms with Gasteiger partial charge in [0.25, 0.3) is 0 Å². The van der Waals surface area contributed by atoms with Crippen molar-refractivity contribution in [3.63, 3.8) is 0 Å². The molecule has 5 N–H and O–H groups in total. The first-order valence-electron chi connectivity index (χ1n) is 6.42. The van der Waals surface area contributed by atoms with Crippen LogP contribution in [0, 0.1) is 5.41 Å². The Morgan fingerprint density at radius 1 is 1.18 bits per heavy atom. The summed E-state index contributed by atoms with van der Waals surface area (Å²) in [5.74, 6) is 0.888. The fourth-order valence-electron chi connectivity index (χ4n) is 2.18. The lowest BCUT2D eigenvalue weighted by Crippen LogP contribution is -2.48. The van der Waals surface area contributed by atoms with Gasteiger partial charge in [-0.3, -0.25) is 5.41 Å². The van der Waals surface area contributed by atoms with Gasteiger partial charge in [0.2, 0.25) is 5.96 Å². The van der Waals surface area contributed by atoms with Crippen molar-refractivity contribution in [2.24, 2.45) is 16.5 Å². The van der Waals surface area contributed by atoms with E-state index in [2.05, 4.69) is 16.0 Å². The number of methoxy groups -OCH3 is 1. The van der Waals surface area contributed by atoms with Crippen LogP contribution >= 0.6 is 24.8 Å². The zero-order chi connectivity index (χ0) is 14.5. The third kappa shape index (κ3) is 5.16. The molecule has 0 unspecified atom stereocenters. The summed E-state index contributed by atoms with van der Waals surface area (Å²) in [6.45, 7) is 3.06. The summed E-state index contributed by atoms with van der Waals surface area (Å²) in [4.78, 5) is 7.88. The lowest BCUT2D eigenvalue weighted by molar-refractivity contribution is 0.379. The number of halogens is 2. The minimum Gasteiger partial charge on any atom is -0.497 e.